The lowest BCUT2D eigenvalue weighted by atomic mass is 10.2. The third kappa shape index (κ3) is 2.85. The molecule has 24 heavy (non-hydrogen) atoms. The number of β-amino-alcohol motifs (C(OH)–C–C–N with tert-alkyl or cyclic N) is 1. The molecule has 0 saturated carbocycles. The Hall–Kier alpha value is -2.45. The molecule has 8 heteroatoms. The summed E-state index contributed by atoms with van der Waals surface area (Å²) in [4.78, 5) is 12.8. The fourth-order valence-electron chi connectivity index (χ4n) is 3.16. The molecule has 0 unspecified atom stereocenters. The van der Waals surface area contributed by atoms with Crippen LogP contribution in [-0.4, -0.2) is 57.4 Å². The van der Waals surface area contributed by atoms with Gasteiger partial charge in [-0.25, -0.2) is 4.98 Å². The molecule has 4 heterocycles. The zero-order valence-electron chi connectivity index (χ0n) is 13.4. The first-order valence-corrected chi connectivity index (χ1v) is 7.95. The molecule has 1 fully saturated rings. The first-order chi connectivity index (χ1) is 11.7. The van der Waals surface area contributed by atoms with Crippen LogP contribution < -0.4 is 4.90 Å². The number of aliphatic hydroxyl groups excluding tert-OH is 1. The fraction of sp³-hybridized carbons (Fsp3) is 0.438. The number of hydrogen-bond acceptors (Lipinski definition) is 8. The van der Waals surface area contributed by atoms with Crippen LogP contribution in [-0.2, 0) is 6.54 Å². The minimum atomic E-state index is -0.479. The third-order valence-corrected chi connectivity index (χ3v) is 4.27. The second-order valence-electron chi connectivity index (χ2n) is 6.06. The van der Waals surface area contributed by atoms with E-state index in [2.05, 4.69) is 24.9 Å². The minimum Gasteiger partial charge on any atom is -0.468 e. The molecular weight excluding hydrogens is 310 g/mol. The second kappa shape index (κ2) is 6.21. The van der Waals surface area contributed by atoms with Crippen molar-refractivity contribution in [3.8, 4) is 0 Å². The van der Waals surface area contributed by atoms with E-state index < -0.39 is 6.10 Å². The molecule has 3 aromatic heterocycles. The Balaban J connectivity index is 1.57. The van der Waals surface area contributed by atoms with Crippen molar-refractivity contribution < 1.29 is 14.0 Å². The van der Waals surface area contributed by atoms with Crippen molar-refractivity contribution in [1.29, 1.82) is 0 Å². The molecule has 8 nitrogen and oxygen atoms in total. The van der Waals surface area contributed by atoms with E-state index in [1.54, 1.807) is 6.26 Å². The standard InChI is InChI=1S/C16H19N5O3/c1-11-14-15(17-10-18-16(14)24-19-11)21-5-4-20(7-12(22)8-21)9-13-3-2-6-23-13/h2-3,6,10,12,22H,4-5,7-9H2,1H3/t12-/m1/s1. The van der Waals surface area contributed by atoms with E-state index in [-0.39, 0.29) is 0 Å². The number of hydrogen-bond donors (Lipinski definition) is 1. The summed E-state index contributed by atoms with van der Waals surface area (Å²) in [5.41, 5.74) is 1.23. The van der Waals surface area contributed by atoms with Gasteiger partial charge in [-0.2, -0.15) is 4.98 Å². The average molecular weight is 329 g/mol. The molecule has 0 radical (unpaired) electrons. The molecule has 1 saturated heterocycles. The maximum atomic E-state index is 10.4. The smallest absolute Gasteiger partial charge is 0.263 e. The summed E-state index contributed by atoms with van der Waals surface area (Å²) in [5, 5.41) is 15.2. The van der Waals surface area contributed by atoms with E-state index in [9.17, 15) is 5.11 Å². The number of furan rings is 1. The van der Waals surface area contributed by atoms with Crippen LogP contribution in [0.3, 0.4) is 0 Å². The monoisotopic (exact) mass is 329 g/mol. The van der Waals surface area contributed by atoms with Gasteiger partial charge >= 0.3 is 0 Å². The summed E-state index contributed by atoms with van der Waals surface area (Å²) in [7, 11) is 0. The summed E-state index contributed by atoms with van der Waals surface area (Å²) in [6, 6.07) is 3.83. The number of aliphatic hydroxyl groups is 1. The predicted octanol–water partition coefficient (Wildman–Crippen LogP) is 1.20. The number of aromatic nitrogens is 3. The SMILES string of the molecule is Cc1noc2ncnc(N3CCN(Cc4ccco4)C[C@@H](O)C3)c12. The Morgan fingerprint density at radius 2 is 2.21 bits per heavy atom. The Labute approximate surface area is 138 Å². The van der Waals surface area contributed by atoms with Gasteiger partial charge < -0.3 is 18.9 Å². The molecule has 0 bridgehead atoms. The minimum absolute atomic E-state index is 0.476. The maximum absolute atomic E-state index is 10.4. The van der Waals surface area contributed by atoms with Gasteiger partial charge in [0.2, 0.25) is 0 Å². The Kier molecular flexibility index (Phi) is 3.91. The van der Waals surface area contributed by atoms with Crippen LogP contribution in [0.25, 0.3) is 11.1 Å². The van der Waals surface area contributed by atoms with E-state index in [1.165, 1.54) is 6.33 Å². The summed E-state index contributed by atoms with van der Waals surface area (Å²) in [6.07, 6.45) is 2.66. The zero-order chi connectivity index (χ0) is 16.5. The van der Waals surface area contributed by atoms with Crippen LogP contribution in [0, 0.1) is 6.92 Å². The summed E-state index contributed by atoms with van der Waals surface area (Å²) < 4.78 is 10.6. The normalized spacial score (nSPS) is 19.8. The highest BCUT2D eigenvalue weighted by Gasteiger charge is 2.25. The molecule has 0 aliphatic carbocycles. The van der Waals surface area contributed by atoms with E-state index in [1.807, 2.05) is 19.1 Å². The van der Waals surface area contributed by atoms with Crippen molar-refractivity contribution in [1.82, 2.24) is 20.0 Å². The summed E-state index contributed by atoms with van der Waals surface area (Å²) >= 11 is 0. The topological polar surface area (TPSA) is 91.7 Å². The van der Waals surface area contributed by atoms with Crippen molar-refractivity contribution in [3.05, 3.63) is 36.2 Å². The van der Waals surface area contributed by atoms with Crippen LogP contribution in [0.1, 0.15) is 11.5 Å². The number of fused-ring (bicyclic) bond motifs is 1. The molecule has 1 N–H and O–H groups in total. The molecule has 0 aromatic carbocycles. The van der Waals surface area contributed by atoms with Gasteiger partial charge in [0.1, 0.15) is 23.3 Å². The van der Waals surface area contributed by atoms with Gasteiger partial charge in [-0.1, -0.05) is 5.16 Å². The highest BCUT2D eigenvalue weighted by atomic mass is 16.5. The molecule has 0 spiro atoms. The molecule has 3 aromatic rings. The fourth-order valence-corrected chi connectivity index (χ4v) is 3.16. The van der Waals surface area contributed by atoms with Gasteiger partial charge in [-0.05, 0) is 19.1 Å². The third-order valence-electron chi connectivity index (χ3n) is 4.27. The van der Waals surface area contributed by atoms with Gasteiger partial charge in [-0.15, -0.1) is 0 Å². The van der Waals surface area contributed by atoms with E-state index >= 15 is 0 Å². The predicted molar refractivity (Wildman–Crippen MR) is 86.5 cm³/mol. The molecule has 0 amide bonds. The van der Waals surface area contributed by atoms with Gasteiger partial charge in [-0.3, -0.25) is 4.90 Å². The Morgan fingerprint density at radius 1 is 1.29 bits per heavy atom. The second-order valence-corrected chi connectivity index (χ2v) is 6.06. The largest absolute Gasteiger partial charge is 0.468 e. The van der Waals surface area contributed by atoms with E-state index in [0.29, 0.717) is 25.3 Å². The molecule has 1 atom stereocenters. The number of nitrogens with zero attached hydrogens (tertiary/aromatic N) is 5. The van der Waals surface area contributed by atoms with Crippen molar-refractivity contribution in [2.75, 3.05) is 31.1 Å². The Morgan fingerprint density at radius 3 is 3.04 bits per heavy atom. The van der Waals surface area contributed by atoms with Crippen LogP contribution >= 0.6 is 0 Å². The highest BCUT2D eigenvalue weighted by molar-refractivity contribution is 5.87. The van der Waals surface area contributed by atoms with Crippen LogP contribution in [0.15, 0.2) is 33.7 Å². The lowest BCUT2D eigenvalue weighted by Crippen LogP contribution is -2.33. The van der Waals surface area contributed by atoms with Crippen molar-refractivity contribution in [3.63, 3.8) is 0 Å². The van der Waals surface area contributed by atoms with Gasteiger partial charge in [0.25, 0.3) is 5.71 Å². The molecule has 1 aliphatic heterocycles. The molecule has 1 aliphatic rings. The van der Waals surface area contributed by atoms with Gasteiger partial charge in [0.05, 0.1) is 24.6 Å². The number of aryl methyl sites for hydroxylation is 1. The van der Waals surface area contributed by atoms with Gasteiger partial charge in [0.15, 0.2) is 0 Å². The molecular formula is C16H19N5O3. The van der Waals surface area contributed by atoms with Crippen LogP contribution in [0.4, 0.5) is 5.82 Å². The quantitative estimate of drug-likeness (QED) is 0.766. The van der Waals surface area contributed by atoms with Crippen molar-refractivity contribution in [2.45, 2.75) is 19.6 Å². The number of rotatable bonds is 3. The first kappa shape index (κ1) is 15.1. The van der Waals surface area contributed by atoms with E-state index in [4.69, 9.17) is 8.94 Å². The summed E-state index contributed by atoms with van der Waals surface area (Å²) in [6.45, 7) is 5.20. The van der Waals surface area contributed by atoms with Crippen molar-refractivity contribution >= 4 is 16.9 Å². The molecule has 126 valence electrons. The van der Waals surface area contributed by atoms with Crippen LogP contribution in [0.5, 0.6) is 0 Å². The molecule has 4 rings (SSSR count). The summed E-state index contributed by atoms with van der Waals surface area (Å²) in [5.74, 6) is 1.66. The first-order valence-electron chi connectivity index (χ1n) is 7.95. The number of anilines is 1. The zero-order valence-corrected chi connectivity index (χ0v) is 13.4. The lowest BCUT2D eigenvalue weighted by Gasteiger charge is -2.23. The average Bonchev–Trinajstić information content (AvgIpc) is 3.16. The maximum Gasteiger partial charge on any atom is 0.263 e. The van der Waals surface area contributed by atoms with Gasteiger partial charge in [0, 0.05) is 26.2 Å². The van der Waals surface area contributed by atoms with E-state index in [0.717, 1.165) is 35.7 Å². The Bertz CT molecular complexity index is 816. The highest BCUT2D eigenvalue weighted by Crippen LogP contribution is 2.26. The van der Waals surface area contributed by atoms with Crippen LogP contribution in [0.2, 0.25) is 0 Å². The lowest BCUT2D eigenvalue weighted by molar-refractivity contribution is 0.125. The van der Waals surface area contributed by atoms with Crippen molar-refractivity contribution in [2.24, 2.45) is 0 Å².